The van der Waals surface area contributed by atoms with Crippen molar-refractivity contribution < 1.29 is 19.1 Å². The summed E-state index contributed by atoms with van der Waals surface area (Å²) in [6.45, 7) is 0. The van der Waals surface area contributed by atoms with E-state index < -0.39 is 11.9 Å². The van der Waals surface area contributed by atoms with E-state index in [2.05, 4.69) is 21.2 Å². The summed E-state index contributed by atoms with van der Waals surface area (Å²) >= 11 is 3.32. The van der Waals surface area contributed by atoms with Gasteiger partial charge in [-0.25, -0.2) is 4.79 Å². The standard InChI is InChI=1S/C24H17BrN2O4/c1-30-22-5-3-2-4-21(22)27-23(28)18(15-26)14-16-6-12-20(13-7-16)31-24(29)17-8-10-19(25)11-9-17/h2-14H,1H3,(H,27,28)/b18-14+. The van der Waals surface area contributed by atoms with Gasteiger partial charge in [-0.05, 0) is 60.2 Å². The van der Waals surface area contributed by atoms with E-state index >= 15 is 0 Å². The molecule has 0 aliphatic carbocycles. The first kappa shape index (κ1) is 21.8. The molecule has 1 N–H and O–H groups in total. The largest absolute Gasteiger partial charge is 0.495 e. The second-order valence-corrected chi connectivity index (χ2v) is 7.21. The lowest BCUT2D eigenvalue weighted by Gasteiger charge is -2.09. The van der Waals surface area contributed by atoms with Crippen LogP contribution in [0, 0.1) is 11.3 Å². The highest BCUT2D eigenvalue weighted by Crippen LogP contribution is 2.24. The molecule has 0 saturated heterocycles. The lowest BCUT2D eigenvalue weighted by atomic mass is 10.1. The second kappa shape index (κ2) is 10.2. The molecule has 3 rings (SSSR count). The Morgan fingerprint density at radius 1 is 1.00 bits per heavy atom. The number of para-hydroxylation sites is 2. The Labute approximate surface area is 187 Å². The molecule has 3 aromatic carbocycles. The maximum atomic E-state index is 12.5. The zero-order chi connectivity index (χ0) is 22.2. The van der Waals surface area contributed by atoms with Crippen LogP contribution in [0.5, 0.6) is 11.5 Å². The lowest BCUT2D eigenvalue weighted by molar-refractivity contribution is -0.112. The van der Waals surface area contributed by atoms with Gasteiger partial charge in [0, 0.05) is 4.47 Å². The van der Waals surface area contributed by atoms with Crippen LogP contribution in [0.2, 0.25) is 0 Å². The molecule has 0 bridgehead atoms. The van der Waals surface area contributed by atoms with Crippen molar-refractivity contribution in [3.63, 3.8) is 0 Å². The van der Waals surface area contributed by atoms with Gasteiger partial charge in [0.05, 0.1) is 18.4 Å². The lowest BCUT2D eigenvalue weighted by Crippen LogP contribution is -2.14. The van der Waals surface area contributed by atoms with Crippen molar-refractivity contribution in [3.05, 3.63) is 94.0 Å². The number of methoxy groups -OCH3 is 1. The van der Waals surface area contributed by atoms with E-state index in [9.17, 15) is 14.9 Å². The maximum absolute atomic E-state index is 12.5. The fourth-order valence-electron chi connectivity index (χ4n) is 2.64. The average Bonchev–Trinajstić information content (AvgIpc) is 2.79. The molecule has 0 fully saturated rings. The van der Waals surface area contributed by atoms with Crippen LogP contribution in [0.1, 0.15) is 15.9 Å². The molecule has 31 heavy (non-hydrogen) atoms. The van der Waals surface area contributed by atoms with Gasteiger partial charge in [-0.1, -0.05) is 40.2 Å². The summed E-state index contributed by atoms with van der Waals surface area (Å²) in [5.74, 6) is -0.199. The Hall–Kier alpha value is -3.89. The fraction of sp³-hybridized carbons (Fsp3) is 0.0417. The summed E-state index contributed by atoms with van der Waals surface area (Å²) in [5, 5.41) is 12.1. The summed E-state index contributed by atoms with van der Waals surface area (Å²) in [6.07, 6.45) is 1.45. The molecule has 0 spiro atoms. The van der Waals surface area contributed by atoms with E-state index in [0.717, 1.165) is 4.47 Å². The van der Waals surface area contributed by atoms with E-state index in [4.69, 9.17) is 9.47 Å². The second-order valence-electron chi connectivity index (χ2n) is 6.29. The number of amides is 1. The highest BCUT2D eigenvalue weighted by atomic mass is 79.9. The smallest absolute Gasteiger partial charge is 0.343 e. The molecule has 1 amide bonds. The molecule has 0 radical (unpaired) electrons. The third-order valence-electron chi connectivity index (χ3n) is 4.20. The number of nitriles is 1. The van der Waals surface area contributed by atoms with E-state index in [1.165, 1.54) is 13.2 Å². The molecule has 0 aromatic heterocycles. The van der Waals surface area contributed by atoms with Gasteiger partial charge in [0.2, 0.25) is 0 Å². The number of anilines is 1. The van der Waals surface area contributed by atoms with Gasteiger partial charge in [-0.15, -0.1) is 0 Å². The predicted octanol–water partition coefficient (Wildman–Crippen LogP) is 5.22. The Kier molecular flexibility index (Phi) is 7.20. The van der Waals surface area contributed by atoms with Crippen LogP contribution in [0.4, 0.5) is 5.69 Å². The van der Waals surface area contributed by atoms with Gasteiger partial charge in [0.25, 0.3) is 5.91 Å². The van der Waals surface area contributed by atoms with E-state index in [0.29, 0.717) is 28.3 Å². The number of nitrogens with zero attached hydrogens (tertiary/aromatic N) is 1. The number of carbonyl (C=O) groups is 2. The molecule has 0 aliphatic rings. The van der Waals surface area contributed by atoms with Gasteiger partial charge in [0.1, 0.15) is 23.1 Å². The molecule has 0 heterocycles. The first-order valence-corrected chi connectivity index (χ1v) is 9.93. The van der Waals surface area contributed by atoms with Crippen LogP contribution in [-0.4, -0.2) is 19.0 Å². The van der Waals surface area contributed by atoms with Crippen molar-refractivity contribution in [2.45, 2.75) is 0 Å². The Bertz CT molecular complexity index is 1160. The fourth-order valence-corrected chi connectivity index (χ4v) is 2.90. The SMILES string of the molecule is COc1ccccc1NC(=O)/C(C#N)=C/c1ccc(OC(=O)c2ccc(Br)cc2)cc1. The third kappa shape index (κ3) is 5.81. The highest BCUT2D eigenvalue weighted by molar-refractivity contribution is 9.10. The van der Waals surface area contributed by atoms with Gasteiger partial charge in [0.15, 0.2) is 0 Å². The normalized spacial score (nSPS) is 10.7. The van der Waals surface area contributed by atoms with Gasteiger partial charge in [-0.2, -0.15) is 5.26 Å². The first-order chi connectivity index (χ1) is 15.0. The van der Waals surface area contributed by atoms with Crippen molar-refractivity contribution in [2.24, 2.45) is 0 Å². The minimum atomic E-state index is -0.558. The van der Waals surface area contributed by atoms with Crippen LogP contribution < -0.4 is 14.8 Å². The molecular formula is C24H17BrN2O4. The zero-order valence-electron chi connectivity index (χ0n) is 16.5. The number of carbonyl (C=O) groups excluding carboxylic acids is 2. The molecule has 0 saturated carbocycles. The van der Waals surface area contributed by atoms with Gasteiger partial charge >= 0.3 is 5.97 Å². The van der Waals surface area contributed by atoms with Gasteiger partial charge < -0.3 is 14.8 Å². The topological polar surface area (TPSA) is 88.4 Å². The zero-order valence-corrected chi connectivity index (χ0v) is 18.0. The van der Waals surface area contributed by atoms with Crippen molar-refractivity contribution in [2.75, 3.05) is 12.4 Å². The number of halogens is 1. The predicted molar refractivity (Wildman–Crippen MR) is 121 cm³/mol. The van der Waals surface area contributed by atoms with E-state index in [1.807, 2.05) is 6.07 Å². The first-order valence-electron chi connectivity index (χ1n) is 9.14. The minimum absolute atomic E-state index is 0.0782. The van der Waals surface area contributed by atoms with Crippen molar-refractivity contribution in [1.82, 2.24) is 0 Å². The molecular weight excluding hydrogens is 460 g/mol. The summed E-state index contributed by atoms with van der Waals surface area (Å²) in [6, 6.07) is 22.1. The molecule has 0 unspecified atom stereocenters. The number of hydrogen-bond acceptors (Lipinski definition) is 5. The number of ether oxygens (including phenoxy) is 2. The minimum Gasteiger partial charge on any atom is -0.495 e. The molecule has 154 valence electrons. The molecule has 7 heteroatoms. The number of esters is 1. The molecule has 0 aliphatic heterocycles. The van der Waals surface area contributed by atoms with Crippen LogP contribution in [-0.2, 0) is 4.79 Å². The Morgan fingerprint density at radius 3 is 2.32 bits per heavy atom. The monoisotopic (exact) mass is 476 g/mol. The summed E-state index contributed by atoms with van der Waals surface area (Å²) in [7, 11) is 1.50. The highest BCUT2D eigenvalue weighted by Gasteiger charge is 2.13. The van der Waals surface area contributed by atoms with E-state index in [-0.39, 0.29) is 5.57 Å². The van der Waals surface area contributed by atoms with E-state index in [1.54, 1.807) is 72.8 Å². The van der Waals surface area contributed by atoms with Crippen molar-refractivity contribution in [1.29, 1.82) is 5.26 Å². The number of hydrogen-bond donors (Lipinski definition) is 1. The van der Waals surface area contributed by atoms with Crippen LogP contribution in [0.3, 0.4) is 0 Å². The van der Waals surface area contributed by atoms with Crippen LogP contribution in [0.15, 0.2) is 82.8 Å². The van der Waals surface area contributed by atoms with Crippen molar-refractivity contribution in [3.8, 4) is 17.6 Å². The Balaban J connectivity index is 1.70. The maximum Gasteiger partial charge on any atom is 0.343 e. The molecule has 0 atom stereocenters. The molecule has 3 aromatic rings. The number of benzene rings is 3. The third-order valence-corrected chi connectivity index (χ3v) is 4.73. The summed E-state index contributed by atoms with van der Waals surface area (Å²) in [4.78, 5) is 24.7. The quantitative estimate of drug-likeness (QED) is 0.228. The van der Waals surface area contributed by atoms with Crippen molar-refractivity contribution >= 4 is 39.6 Å². The van der Waals surface area contributed by atoms with Crippen LogP contribution in [0.25, 0.3) is 6.08 Å². The summed E-state index contributed by atoms with van der Waals surface area (Å²) < 4.78 is 11.4. The van der Waals surface area contributed by atoms with Crippen LogP contribution >= 0.6 is 15.9 Å². The summed E-state index contributed by atoms with van der Waals surface area (Å²) in [5.41, 5.74) is 1.42. The van der Waals surface area contributed by atoms with Gasteiger partial charge in [-0.3, -0.25) is 4.79 Å². The molecule has 6 nitrogen and oxygen atoms in total. The number of nitrogens with one attached hydrogen (secondary N) is 1. The average molecular weight is 477 g/mol. The Morgan fingerprint density at radius 2 is 1.68 bits per heavy atom. The number of rotatable bonds is 6.